The molecule has 21 heteroatoms. The zero-order valence-corrected chi connectivity index (χ0v) is 14.4. The second kappa shape index (κ2) is 13.6. The molecule has 21 heavy (non-hydrogen) atoms. The molecule has 0 aliphatic carbocycles. The molecule has 0 aromatic heterocycles. The standard InChI is InChI=1S/4ClHO4.W/c4*2-1(3,4)5;/h4*(H,2,3,4,5);/q;;;;+4/p-4. The third-order valence-corrected chi connectivity index (χ3v) is 0. The van der Waals surface area contributed by atoms with E-state index in [0.29, 0.717) is 0 Å². The van der Waals surface area contributed by atoms with Gasteiger partial charge in [0.05, 0.1) is 0 Å². The van der Waals surface area contributed by atoms with Gasteiger partial charge in [0.2, 0.25) is 0 Å². The summed E-state index contributed by atoms with van der Waals surface area (Å²) in [6.07, 6.45) is 0. The van der Waals surface area contributed by atoms with Crippen LogP contribution in [0.2, 0.25) is 0 Å². The van der Waals surface area contributed by atoms with Gasteiger partial charge in [-0.2, -0.15) is 0 Å². The molecule has 0 bridgehead atoms. The Hall–Kier alpha value is 1.21. The van der Waals surface area contributed by atoms with Crippen molar-refractivity contribution in [3.05, 3.63) is 0 Å². The van der Waals surface area contributed by atoms with Crippen LogP contribution in [0.4, 0.5) is 0 Å². The van der Waals surface area contributed by atoms with E-state index in [1.165, 1.54) is 0 Å². The SMILES string of the molecule is [O-][Cl+3]([O-])([O-])[O-].[O-][Cl+3]([O-])([O-])[O-].[O-][Cl+3]([O-])([O-])[O-].[O-][Cl+3]([O-])([O-])[O-].[W+4]. The fraction of sp³-hybridized carbons (Fsp3) is 0. The molecule has 0 aliphatic heterocycles. The van der Waals surface area contributed by atoms with Crippen LogP contribution >= 0.6 is 0 Å². The molecule has 0 aromatic carbocycles. The molecule has 0 amide bonds. The van der Waals surface area contributed by atoms with Gasteiger partial charge in [0.25, 0.3) is 0 Å². The Morgan fingerprint density at radius 3 is 0.238 bits per heavy atom. The molecule has 0 N–H and O–H groups in total. The minimum atomic E-state index is -4.94. The molecular weight excluding hydrogens is 582 g/mol. The van der Waals surface area contributed by atoms with Crippen LogP contribution in [0.3, 0.4) is 0 Å². The van der Waals surface area contributed by atoms with E-state index in [9.17, 15) is 0 Å². The minimum Gasteiger partial charge on any atom is -0.222 e. The molecule has 16 nitrogen and oxygen atoms in total. The molecule has 0 atom stereocenters. The molecule has 0 aromatic rings. The molecule has 0 saturated heterocycles. The Kier molecular flexibility index (Phi) is 21.9. The van der Waals surface area contributed by atoms with Crippen molar-refractivity contribution in [2.45, 2.75) is 0 Å². The number of hydrogen-bond donors (Lipinski definition) is 0. The van der Waals surface area contributed by atoms with Crippen LogP contribution < -0.4 is 74.5 Å². The van der Waals surface area contributed by atoms with E-state index in [2.05, 4.69) is 0 Å². The summed E-state index contributed by atoms with van der Waals surface area (Å²) >= 11 is 0. The minimum absolute atomic E-state index is 0. The summed E-state index contributed by atoms with van der Waals surface area (Å²) in [5.74, 6) is 0. The Balaban J connectivity index is -0.0000000533. The second-order valence-electron chi connectivity index (χ2n) is 1.51. The van der Waals surface area contributed by atoms with Crippen molar-refractivity contribution in [3.8, 4) is 0 Å². The van der Waals surface area contributed by atoms with E-state index < -0.39 is 41.0 Å². The van der Waals surface area contributed by atoms with Crippen molar-refractivity contribution in [3.63, 3.8) is 0 Å². The predicted molar refractivity (Wildman–Crippen MR) is 0 cm³/mol. The molecule has 0 aliphatic rings. The van der Waals surface area contributed by atoms with Gasteiger partial charge in [-0.25, -0.2) is 74.5 Å². The molecule has 0 radical (unpaired) electrons. The van der Waals surface area contributed by atoms with Crippen LogP contribution in [0, 0.1) is 41.0 Å². The molecule has 0 fully saturated rings. The van der Waals surface area contributed by atoms with E-state index in [0.717, 1.165) is 0 Å². The average molecular weight is 582 g/mol. The van der Waals surface area contributed by atoms with Gasteiger partial charge in [-0.15, -0.1) is 41.0 Å². The Labute approximate surface area is 136 Å². The van der Waals surface area contributed by atoms with E-state index in [1.807, 2.05) is 0 Å². The summed E-state index contributed by atoms with van der Waals surface area (Å²) in [6, 6.07) is 0. The maximum Gasteiger partial charge on any atom is 4.00 e. The number of rotatable bonds is 0. The molecule has 130 valence electrons. The number of hydrogen-bond acceptors (Lipinski definition) is 16. The summed E-state index contributed by atoms with van der Waals surface area (Å²) in [7, 11) is -19.8. The van der Waals surface area contributed by atoms with Crippen molar-refractivity contribution < 1.29 is 137 Å². The first kappa shape index (κ1) is 33.7. The average Bonchev–Trinajstić information content (AvgIpc) is 1.62. The predicted octanol–water partition coefficient (Wildman–Crippen LogP) is -19.0. The van der Waals surface area contributed by atoms with Crippen LogP contribution in [0.5, 0.6) is 0 Å². The second-order valence-corrected chi connectivity index (χ2v) is 4.54. The smallest absolute Gasteiger partial charge is 0.222 e. The molecular formula is Cl4O16W. The van der Waals surface area contributed by atoms with Gasteiger partial charge in [0.1, 0.15) is 0 Å². The quantitative estimate of drug-likeness (QED) is 0.256. The van der Waals surface area contributed by atoms with Crippen molar-refractivity contribution in [2.75, 3.05) is 0 Å². The fourth-order valence-corrected chi connectivity index (χ4v) is 0. The summed E-state index contributed by atoms with van der Waals surface area (Å²) in [6.45, 7) is 0. The third kappa shape index (κ3) is 5360. The van der Waals surface area contributed by atoms with E-state index in [-0.39, 0.29) is 21.1 Å². The van der Waals surface area contributed by atoms with Gasteiger partial charge in [0.15, 0.2) is 0 Å². The van der Waals surface area contributed by atoms with Crippen LogP contribution in [-0.4, -0.2) is 0 Å². The fourth-order valence-electron chi connectivity index (χ4n) is 0. The molecule has 0 rings (SSSR count). The molecule has 0 saturated carbocycles. The summed E-state index contributed by atoms with van der Waals surface area (Å²) in [5, 5.41) is 0. The van der Waals surface area contributed by atoms with Gasteiger partial charge in [0, 0.05) is 0 Å². The van der Waals surface area contributed by atoms with Gasteiger partial charge < -0.3 is 0 Å². The Bertz CT molecular complexity index is 130. The number of halogens is 4. The van der Waals surface area contributed by atoms with Crippen molar-refractivity contribution in [2.24, 2.45) is 0 Å². The molecule has 0 heterocycles. The molecule has 0 unspecified atom stereocenters. The van der Waals surface area contributed by atoms with Gasteiger partial charge in [-0.3, -0.25) is 0 Å². The van der Waals surface area contributed by atoms with Crippen molar-refractivity contribution in [1.82, 2.24) is 0 Å². The first-order chi connectivity index (χ1) is 8.00. The topological polar surface area (TPSA) is 369 Å². The van der Waals surface area contributed by atoms with Gasteiger partial charge in [-0.1, -0.05) is 0 Å². The van der Waals surface area contributed by atoms with Crippen LogP contribution in [0.15, 0.2) is 0 Å². The van der Waals surface area contributed by atoms with Crippen LogP contribution in [-0.2, 0) is 21.1 Å². The van der Waals surface area contributed by atoms with Crippen LogP contribution in [0.1, 0.15) is 0 Å². The van der Waals surface area contributed by atoms with E-state index in [4.69, 9.17) is 74.5 Å². The normalized spacial score (nSPS) is 11.4. The maximum absolute atomic E-state index is 8.49. The van der Waals surface area contributed by atoms with Crippen LogP contribution in [0.25, 0.3) is 0 Å². The summed E-state index contributed by atoms with van der Waals surface area (Å²) < 4.78 is 136. The zero-order valence-electron chi connectivity index (χ0n) is 8.45. The van der Waals surface area contributed by atoms with Gasteiger partial charge in [-0.05, 0) is 0 Å². The van der Waals surface area contributed by atoms with Crippen molar-refractivity contribution >= 4 is 0 Å². The van der Waals surface area contributed by atoms with E-state index >= 15 is 0 Å². The molecule has 0 spiro atoms. The zero-order chi connectivity index (χ0) is 18.0. The summed E-state index contributed by atoms with van der Waals surface area (Å²) in [5.41, 5.74) is 0. The first-order valence-corrected chi connectivity index (χ1v) is 7.41. The Morgan fingerprint density at radius 2 is 0.238 bits per heavy atom. The monoisotopic (exact) mass is 580 g/mol. The van der Waals surface area contributed by atoms with Gasteiger partial charge >= 0.3 is 21.1 Å². The first-order valence-electron chi connectivity index (χ1n) is 2.47. The maximum atomic E-state index is 8.49. The Morgan fingerprint density at radius 1 is 0.238 bits per heavy atom. The van der Waals surface area contributed by atoms with E-state index in [1.54, 1.807) is 0 Å². The van der Waals surface area contributed by atoms with Crippen molar-refractivity contribution in [1.29, 1.82) is 0 Å². The largest absolute Gasteiger partial charge is 4.00 e. The third-order valence-electron chi connectivity index (χ3n) is 0. The summed E-state index contributed by atoms with van der Waals surface area (Å²) in [4.78, 5) is 0.